The van der Waals surface area contributed by atoms with Gasteiger partial charge in [-0.25, -0.2) is 0 Å². The van der Waals surface area contributed by atoms with Crippen molar-refractivity contribution < 1.29 is 4.79 Å². The zero-order valence-electron chi connectivity index (χ0n) is 6.08. The highest BCUT2D eigenvalue weighted by Crippen LogP contribution is 2.21. The highest BCUT2D eigenvalue weighted by molar-refractivity contribution is 8.76. The maximum atomic E-state index is 10.0. The Morgan fingerprint density at radius 3 is 2.80 bits per heavy atom. The van der Waals surface area contributed by atoms with Gasteiger partial charge in [0.15, 0.2) is 0 Å². The first-order chi connectivity index (χ1) is 4.81. The first-order valence-corrected chi connectivity index (χ1v) is 5.75. The van der Waals surface area contributed by atoms with Gasteiger partial charge in [-0.3, -0.25) is 0 Å². The van der Waals surface area contributed by atoms with Crippen LogP contribution in [0.25, 0.3) is 0 Å². The van der Waals surface area contributed by atoms with E-state index >= 15 is 0 Å². The van der Waals surface area contributed by atoms with Crippen molar-refractivity contribution in [1.29, 1.82) is 0 Å². The van der Waals surface area contributed by atoms with Gasteiger partial charge < -0.3 is 10.5 Å². The molecule has 0 aliphatic heterocycles. The van der Waals surface area contributed by atoms with E-state index in [2.05, 4.69) is 6.92 Å². The summed E-state index contributed by atoms with van der Waals surface area (Å²) >= 11 is 0. The molecular formula is C6H13NOS2. The lowest BCUT2D eigenvalue weighted by Crippen LogP contribution is -2.23. The van der Waals surface area contributed by atoms with Gasteiger partial charge in [-0.15, -0.1) is 0 Å². The number of nitrogens with two attached hydrogens (primary N) is 1. The molecule has 0 spiro atoms. The normalized spacial score (nSPS) is 13.0. The fourth-order valence-electron chi connectivity index (χ4n) is 0.308. The Hall–Kier alpha value is 0.330. The summed E-state index contributed by atoms with van der Waals surface area (Å²) in [5.74, 6) is 1.87. The summed E-state index contributed by atoms with van der Waals surface area (Å²) in [6, 6.07) is -0.283. The van der Waals surface area contributed by atoms with Crippen LogP contribution in [0.3, 0.4) is 0 Å². The van der Waals surface area contributed by atoms with Gasteiger partial charge >= 0.3 is 0 Å². The molecule has 0 aliphatic rings. The molecule has 2 N–H and O–H groups in total. The van der Waals surface area contributed by atoms with Crippen LogP contribution in [0.1, 0.15) is 13.3 Å². The summed E-state index contributed by atoms with van der Waals surface area (Å²) in [4.78, 5) is 10.0. The Morgan fingerprint density at radius 1 is 1.60 bits per heavy atom. The van der Waals surface area contributed by atoms with E-state index in [1.165, 1.54) is 6.42 Å². The van der Waals surface area contributed by atoms with Crippen molar-refractivity contribution in [1.82, 2.24) is 0 Å². The summed E-state index contributed by atoms with van der Waals surface area (Å²) in [7, 11) is 3.45. The number of carbonyl (C=O) groups excluding carboxylic acids is 1. The van der Waals surface area contributed by atoms with E-state index in [1.54, 1.807) is 21.6 Å². The van der Waals surface area contributed by atoms with Gasteiger partial charge in [-0.1, -0.05) is 28.5 Å². The van der Waals surface area contributed by atoms with E-state index in [0.29, 0.717) is 0 Å². The molecule has 60 valence electrons. The molecule has 0 unspecified atom stereocenters. The molecule has 0 saturated heterocycles. The summed E-state index contributed by atoms with van der Waals surface area (Å²) in [5.41, 5.74) is 5.35. The Kier molecular flexibility index (Phi) is 7.68. The maximum Gasteiger partial charge on any atom is 0.137 e. The second-order valence-electron chi connectivity index (χ2n) is 1.91. The van der Waals surface area contributed by atoms with Crippen molar-refractivity contribution in [2.45, 2.75) is 19.4 Å². The Balaban J connectivity index is 2.95. The molecule has 0 saturated carbocycles. The fourth-order valence-corrected chi connectivity index (χ4v) is 2.54. The van der Waals surface area contributed by atoms with E-state index < -0.39 is 0 Å². The zero-order chi connectivity index (χ0) is 7.82. The number of rotatable bonds is 6. The number of hydrogen-bond acceptors (Lipinski definition) is 4. The maximum absolute atomic E-state index is 10.0. The van der Waals surface area contributed by atoms with Crippen molar-refractivity contribution in [3.8, 4) is 0 Å². The van der Waals surface area contributed by atoms with Gasteiger partial charge in [-0.2, -0.15) is 0 Å². The zero-order valence-corrected chi connectivity index (χ0v) is 7.71. The third-order valence-electron chi connectivity index (χ3n) is 0.806. The van der Waals surface area contributed by atoms with Crippen molar-refractivity contribution >= 4 is 27.9 Å². The van der Waals surface area contributed by atoms with Gasteiger partial charge in [0.1, 0.15) is 6.29 Å². The Bertz CT molecular complexity index is 89.8. The molecule has 0 amide bonds. The molecule has 0 bridgehead atoms. The van der Waals surface area contributed by atoms with Crippen molar-refractivity contribution in [3.05, 3.63) is 0 Å². The van der Waals surface area contributed by atoms with Crippen LogP contribution in [0.5, 0.6) is 0 Å². The molecular weight excluding hydrogens is 166 g/mol. The van der Waals surface area contributed by atoms with Crippen LogP contribution in [0.2, 0.25) is 0 Å². The summed E-state index contributed by atoms with van der Waals surface area (Å²) < 4.78 is 0. The lowest BCUT2D eigenvalue weighted by molar-refractivity contribution is -0.108. The van der Waals surface area contributed by atoms with E-state index in [9.17, 15) is 4.79 Å². The molecule has 0 aromatic carbocycles. The van der Waals surface area contributed by atoms with E-state index in [0.717, 1.165) is 17.8 Å². The molecule has 0 fully saturated rings. The standard InChI is InChI=1S/C6H13NOS2/c1-2-3-9-10-5-6(7)4-8/h4,6H,2-3,5,7H2,1H3/t6-/m1/s1. The minimum atomic E-state index is -0.283. The van der Waals surface area contributed by atoms with Crippen LogP contribution in [0, 0.1) is 0 Å². The quantitative estimate of drug-likeness (QED) is 0.379. The summed E-state index contributed by atoms with van der Waals surface area (Å²) in [5, 5.41) is 0. The Labute approximate surface area is 69.7 Å². The van der Waals surface area contributed by atoms with Gasteiger partial charge in [0.05, 0.1) is 6.04 Å². The molecule has 0 radical (unpaired) electrons. The van der Waals surface area contributed by atoms with Gasteiger partial charge in [-0.05, 0) is 6.42 Å². The van der Waals surface area contributed by atoms with Gasteiger partial charge in [0.25, 0.3) is 0 Å². The van der Waals surface area contributed by atoms with Crippen LogP contribution in [-0.4, -0.2) is 23.8 Å². The van der Waals surface area contributed by atoms with E-state index in [1.807, 2.05) is 0 Å². The molecule has 10 heavy (non-hydrogen) atoms. The molecule has 0 rings (SSSR count). The van der Waals surface area contributed by atoms with Crippen molar-refractivity contribution in [2.75, 3.05) is 11.5 Å². The monoisotopic (exact) mass is 179 g/mol. The SMILES string of the molecule is CCCSSC[C@H](N)C=O. The summed E-state index contributed by atoms with van der Waals surface area (Å²) in [6.45, 7) is 2.13. The number of hydrogen-bond donors (Lipinski definition) is 1. The average Bonchev–Trinajstić information content (AvgIpc) is 1.98. The predicted molar refractivity (Wildman–Crippen MR) is 49.2 cm³/mol. The third-order valence-corrected chi connectivity index (χ3v) is 3.48. The summed E-state index contributed by atoms with van der Waals surface area (Å²) in [6.07, 6.45) is 1.97. The van der Waals surface area contributed by atoms with E-state index in [4.69, 9.17) is 5.73 Å². The van der Waals surface area contributed by atoms with Gasteiger partial charge in [0, 0.05) is 11.5 Å². The number of aldehydes is 1. The smallest absolute Gasteiger partial charge is 0.137 e. The van der Waals surface area contributed by atoms with Crippen LogP contribution in [0.4, 0.5) is 0 Å². The predicted octanol–water partition coefficient (Wildman–Crippen LogP) is 1.30. The highest BCUT2D eigenvalue weighted by atomic mass is 33.1. The number of carbonyl (C=O) groups is 1. The Morgan fingerprint density at radius 2 is 2.30 bits per heavy atom. The average molecular weight is 179 g/mol. The van der Waals surface area contributed by atoms with Crippen molar-refractivity contribution in [3.63, 3.8) is 0 Å². The van der Waals surface area contributed by atoms with Crippen LogP contribution in [0.15, 0.2) is 0 Å². The fraction of sp³-hybridized carbons (Fsp3) is 0.833. The first-order valence-electron chi connectivity index (χ1n) is 3.26. The minimum Gasteiger partial charge on any atom is -0.321 e. The molecule has 1 atom stereocenters. The van der Waals surface area contributed by atoms with E-state index in [-0.39, 0.29) is 6.04 Å². The topological polar surface area (TPSA) is 43.1 Å². The third kappa shape index (κ3) is 6.45. The molecule has 0 aromatic heterocycles. The van der Waals surface area contributed by atoms with Crippen LogP contribution in [-0.2, 0) is 4.79 Å². The molecule has 0 aromatic rings. The highest BCUT2D eigenvalue weighted by Gasteiger charge is 1.98. The van der Waals surface area contributed by atoms with Gasteiger partial charge in [0.2, 0.25) is 0 Å². The molecule has 4 heteroatoms. The first kappa shape index (κ1) is 10.3. The molecule has 0 aliphatic carbocycles. The largest absolute Gasteiger partial charge is 0.321 e. The minimum absolute atomic E-state index is 0.283. The second-order valence-corrected chi connectivity index (χ2v) is 4.53. The second kappa shape index (κ2) is 7.44. The lowest BCUT2D eigenvalue weighted by Gasteiger charge is -2.00. The van der Waals surface area contributed by atoms with Crippen LogP contribution >= 0.6 is 21.6 Å². The molecule has 2 nitrogen and oxygen atoms in total. The van der Waals surface area contributed by atoms with Crippen LogP contribution < -0.4 is 5.73 Å². The molecule has 0 heterocycles. The lowest BCUT2D eigenvalue weighted by atomic mass is 10.4. The van der Waals surface area contributed by atoms with Crippen molar-refractivity contribution in [2.24, 2.45) is 5.73 Å².